The van der Waals surface area contributed by atoms with Crippen LogP contribution in [-0.2, 0) is 27.2 Å². The van der Waals surface area contributed by atoms with Crippen molar-refractivity contribution < 1.29 is 29.3 Å². The Balaban J connectivity index is 1.57. The molecule has 0 spiro atoms. The molecule has 1 aromatic rings. The monoisotopic (exact) mass is 531 g/mol. The van der Waals surface area contributed by atoms with Crippen LogP contribution in [0.3, 0.4) is 0 Å². The standard InChI is InChI=1S/C31H49NO6/c1-5-6-7-10-23(33)12-13-25-26-15-21-9-8-11-29(27(21)16-22(26)17-28(25)34)37-19-31(36)38-24(14-20(2)3)18-30(35)32-4/h8-9,11,20,22-26,28,33-34H,5-7,10,12-19H2,1-4H3,(H,32,35)/t22-,23-,24?,25+,26-,28+/m0/s1. The van der Waals surface area contributed by atoms with Gasteiger partial charge in [-0.25, -0.2) is 4.79 Å². The molecular weight excluding hydrogens is 482 g/mol. The smallest absolute Gasteiger partial charge is 0.344 e. The molecule has 2 aliphatic rings. The van der Waals surface area contributed by atoms with Gasteiger partial charge in [-0.2, -0.15) is 0 Å². The zero-order valence-electron chi connectivity index (χ0n) is 23.8. The summed E-state index contributed by atoms with van der Waals surface area (Å²) in [5, 5.41) is 23.9. The normalized spacial score (nSPS) is 23.9. The van der Waals surface area contributed by atoms with Crippen LogP contribution in [0.25, 0.3) is 0 Å². The Bertz CT molecular complexity index is 902. The van der Waals surface area contributed by atoms with Crippen LogP contribution in [0.1, 0.15) is 89.7 Å². The molecular formula is C31H49NO6. The van der Waals surface area contributed by atoms with Gasteiger partial charge < -0.3 is 25.0 Å². The van der Waals surface area contributed by atoms with Crippen molar-refractivity contribution >= 4 is 11.9 Å². The molecule has 1 fully saturated rings. The predicted octanol–water partition coefficient (Wildman–Crippen LogP) is 4.59. The van der Waals surface area contributed by atoms with Gasteiger partial charge in [-0.05, 0) is 85.8 Å². The SMILES string of the molecule is CCCCC[C@H](O)CC[C@@H]1[C@H]2Cc3cccc(OCC(=O)OC(CC(=O)NC)CC(C)C)c3C[C@H]2C[C@H]1O. The van der Waals surface area contributed by atoms with E-state index in [4.69, 9.17) is 9.47 Å². The number of fused-ring (bicyclic) bond motifs is 2. The van der Waals surface area contributed by atoms with Gasteiger partial charge in [-0.3, -0.25) is 4.79 Å². The Hall–Kier alpha value is -2.12. The van der Waals surface area contributed by atoms with Gasteiger partial charge in [0.15, 0.2) is 6.61 Å². The molecule has 0 radical (unpaired) electrons. The van der Waals surface area contributed by atoms with Crippen molar-refractivity contribution in [2.75, 3.05) is 13.7 Å². The molecule has 0 bridgehead atoms. The third-order valence-electron chi connectivity index (χ3n) is 8.39. The topological polar surface area (TPSA) is 105 Å². The molecule has 3 rings (SSSR count). The number of hydrogen-bond acceptors (Lipinski definition) is 6. The Kier molecular flexibility index (Phi) is 11.9. The number of carbonyl (C=O) groups excluding carboxylic acids is 2. The second-order valence-electron chi connectivity index (χ2n) is 11.8. The third-order valence-corrected chi connectivity index (χ3v) is 8.39. The summed E-state index contributed by atoms with van der Waals surface area (Å²) in [7, 11) is 1.58. The summed E-state index contributed by atoms with van der Waals surface area (Å²) in [5.74, 6) is 1.36. The minimum atomic E-state index is -0.474. The van der Waals surface area contributed by atoms with Crippen LogP contribution in [0, 0.1) is 23.7 Å². The molecule has 214 valence electrons. The van der Waals surface area contributed by atoms with Gasteiger partial charge in [0.2, 0.25) is 5.91 Å². The van der Waals surface area contributed by atoms with Crippen molar-refractivity contribution in [2.24, 2.45) is 23.7 Å². The highest BCUT2D eigenvalue weighted by Gasteiger charge is 2.44. The lowest BCUT2D eigenvalue weighted by Gasteiger charge is -2.32. The largest absolute Gasteiger partial charge is 0.482 e. The summed E-state index contributed by atoms with van der Waals surface area (Å²) >= 11 is 0. The first-order chi connectivity index (χ1) is 18.2. The summed E-state index contributed by atoms with van der Waals surface area (Å²) in [6.07, 6.45) is 7.99. The Morgan fingerprint density at radius 3 is 2.66 bits per heavy atom. The number of aliphatic hydroxyl groups is 2. The quantitative estimate of drug-likeness (QED) is 0.226. The lowest BCUT2D eigenvalue weighted by molar-refractivity contribution is -0.153. The number of aliphatic hydroxyl groups excluding tert-OH is 2. The minimum Gasteiger partial charge on any atom is -0.482 e. The summed E-state index contributed by atoms with van der Waals surface area (Å²) in [6.45, 7) is 6.04. The molecule has 0 aliphatic heterocycles. The summed E-state index contributed by atoms with van der Waals surface area (Å²) in [4.78, 5) is 24.4. The van der Waals surface area contributed by atoms with Crippen molar-refractivity contribution in [1.29, 1.82) is 0 Å². The van der Waals surface area contributed by atoms with Gasteiger partial charge >= 0.3 is 5.97 Å². The van der Waals surface area contributed by atoms with Gasteiger partial charge in [-0.1, -0.05) is 52.2 Å². The number of benzene rings is 1. The maximum atomic E-state index is 12.6. The van der Waals surface area contributed by atoms with Crippen molar-refractivity contribution in [3.8, 4) is 5.75 Å². The Labute approximate surface area is 228 Å². The third kappa shape index (κ3) is 8.70. The Morgan fingerprint density at radius 1 is 1.16 bits per heavy atom. The Morgan fingerprint density at radius 2 is 1.95 bits per heavy atom. The molecule has 6 atom stereocenters. The number of nitrogens with one attached hydrogen (secondary N) is 1. The van der Waals surface area contributed by atoms with Gasteiger partial charge in [0.1, 0.15) is 11.9 Å². The molecule has 0 heterocycles. The van der Waals surface area contributed by atoms with Crippen LogP contribution >= 0.6 is 0 Å². The van der Waals surface area contributed by atoms with Crippen LogP contribution in [0.15, 0.2) is 18.2 Å². The summed E-state index contributed by atoms with van der Waals surface area (Å²) < 4.78 is 11.6. The number of esters is 1. The zero-order valence-corrected chi connectivity index (χ0v) is 23.8. The number of rotatable bonds is 15. The van der Waals surface area contributed by atoms with Gasteiger partial charge in [0, 0.05) is 7.05 Å². The van der Waals surface area contributed by atoms with Crippen LogP contribution in [0.5, 0.6) is 5.75 Å². The fourth-order valence-electron chi connectivity index (χ4n) is 6.46. The van der Waals surface area contributed by atoms with E-state index in [9.17, 15) is 19.8 Å². The molecule has 1 unspecified atom stereocenters. The van der Waals surface area contributed by atoms with Crippen LogP contribution in [0.4, 0.5) is 0 Å². The molecule has 1 aromatic carbocycles. The highest BCUT2D eigenvalue weighted by molar-refractivity contribution is 5.77. The summed E-state index contributed by atoms with van der Waals surface area (Å²) in [6, 6.07) is 5.99. The lowest BCUT2D eigenvalue weighted by atomic mass is 9.73. The average Bonchev–Trinajstić information content (AvgIpc) is 3.18. The maximum absolute atomic E-state index is 12.6. The highest BCUT2D eigenvalue weighted by atomic mass is 16.6. The van der Waals surface area contributed by atoms with E-state index < -0.39 is 12.1 Å². The van der Waals surface area contributed by atoms with E-state index in [1.54, 1.807) is 7.05 Å². The first kappa shape index (κ1) is 30.4. The molecule has 1 saturated carbocycles. The van der Waals surface area contributed by atoms with Gasteiger partial charge in [-0.15, -0.1) is 0 Å². The van der Waals surface area contributed by atoms with E-state index >= 15 is 0 Å². The van der Waals surface area contributed by atoms with Gasteiger partial charge in [0.05, 0.1) is 18.6 Å². The average molecular weight is 532 g/mol. The van der Waals surface area contributed by atoms with E-state index in [2.05, 4.69) is 18.3 Å². The lowest BCUT2D eigenvalue weighted by Crippen LogP contribution is -2.30. The van der Waals surface area contributed by atoms with Crippen molar-refractivity contribution in [3.63, 3.8) is 0 Å². The number of ether oxygens (including phenoxy) is 2. The van der Waals surface area contributed by atoms with Crippen molar-refractivity contribution in [2.45, 2.75) is 110 Å². The molecule has 0 aromatic heterocycles. The van der Waals surface area contributed by atoms with Crippen LogP contribution in [-0.4, -0.2) is 54.1 Å². The fraction of sp³-hybridized carbons (Fsp3) is 0.742. The first-order valence-corrected chi connectivity index (χ1v) is 14.7. The van der Waals surface area contributed by atoms with E-state index in [1.807, 2.05) is 26.0 Å². The second-order valence-corrected chi connectivity index (χ2v) is 11.8. The molecule has 2 aliphatic carbocycles. The second kappa shape index (κ2) is 14.9. The maximum Gasteiger partial charge on any atom is 0.344 e. The number of amides is 1. The molecule has 0 saturated heterocycles. The van der Waals surface area contributed by atoms with Gasteiger partial charge in [0.25, 0.3) is 0 Å². The van der Waals surface area contributed by atoms with E-state index in [1.165, 1.54) is 5.56 Å². The number of unbranched alkanes of at least 4 members (excludes halogenated alkanes) is 2. The van der Waals surface area contributed by atoms with Crippen LogP contribution in [0.2, 0.25) is 0 Å². The number of carbonyl (C=O) groups is 2. The number of hydrogen-bond donors (Lipinski definition) is 3. The highest BCUT2D eigenvalue weighted by Crippen LogP contribution is 2.48. The van der Waals surface area contributed by atoms with E-state index in [-0.39, 0.29) is 37.1 Å². The predicted molar refractivity (Wildman–Crippen MR) is 148 cm³/mol. The van der Waals surface area contributed by atoms with Crippen molar-refractivity contribution in [3.05, 3.63) is 29.3 Å². The molecule has 7 nitrogen and oxygen atoms in total. The first-order valence-electron chi connectivity index (χ1n) is 14.7. The summed E-state index contributed by atoms with van der Waals surface area (Å²) in [5.41, 5.74) is 2.34. The molecule has 1 amide bonds. The fourth-order valence-corrected chi connectivity index (χ4v) is 6.46. The van der Waals surface area contributed by atoms with Crippen LogP contribution < -0.4 is 10.1 Å². The van der Waals surface area contributed by atoms with E-state index in [0.717, 1.165) is 63.4 Å². The molecule has 3 N–H and O–H groups in total. The van der Waals surface area contributed by atoms with E-state index in [0.29, 0.717) is 29.9 Å². The molecule has 38 heavy (non-hydrogen) atoms. The minimum absolute atomic E-state index is 0.142. The van der Waals surface area contributed by atoms with Crippen molar-refractivity contribution in [1.82, 2.24) is 5.32 Å². The molecule has 7 heteroatoms. The zero-order chi connectivity index (χ0) is 27.7.